The zero-order chi connectivity index (χ0) is 15.1. The summed E-state index contributed by atoms with van der Waals surface area (Å²) >= 11 is 0. The van der Waals surface area contributed by atoms with Gasteiger partial charge < -0.3 is 9.80 Å². The van der Waals surface area contributed by atoms with Gasteiger partial charge in [-0.15, -0.1) is 0 Å². The van der Waals surface area contributed by atoms with Crippen LogP contribution < -0.4 is 5.32 Å². The SMILES string of the molecule is CCCCCCCCCCCCNCCC[N+](C)(C)C. The molecule has 0 atom stereocenters. The quantitative estimate of drug-likeness (QED) is 0.343. The second-order valence-corrected chi connectivity index (χ2v) is 7.30. The first-order valence-corrected chi connectivity index (χ1v) is 9.07. The predicted molar refractivity (Wildman–Crippen MR) is 92.2 cm³/mol. The van der Waals surface area contributed by atoms with Crippen LogP contribution in [0.3, 0.4) is 0 Å². The summed E-state index contributed by atoms with van der Waals surface area (Å²) in [6, 6.07) is 0. The first kappa shape index (κ1) is 19.9. The van der Waals surface area contributed by atoms with Gasteiger partial charge in [-0.2, -0.15) is 0 Å². The van der Waals surface area contributed by atoms with Crippen molar-refractivity contribution in [3.63, 3.8) is 0 Å². The van der Waals surface area contributed by atoms with Crippen LogP contribution in [0.4, 0.5) is 0 Å². The Kier molecular flexibility index (Phi) is 13.8. The summed E-state index contributed by atoms with van der Waals surface area (Å²) in [5.41, 5.74) is 0. The summed E-state index contributed by atoms with van der Waals surface area (Å²) < 4.78 is 1.08. The second-order valence-electron chi connectivity index (χ2n) is 7.30. The number of hydrogen-bond donors (Lipinski definition) is 1. The Hall–Kier alpha value is -0.0800. The summed E-state index contributed by atoms with van der Waals surface area (Å²) in [7, 11) is 6.80. The summed E-state index contributed by atoms with van der Waals surface area (Å²) in [6.07, 6.45) is 15.6. The van der Waals surface area contributed by atoms with Crippen molar-refractivity contribution in [3.8, 4) is 0 Å². The van der Waals surface area contributed by atoms with Crippen LogP contribution in [0.1, 0.15) is 77.6 Å². The molecule has 0 saturated carbocycles. The van der Waals surface area contributed by atoms with Crippen LogP contribution in [0.15, 0.2) is 0 Å². The van der Waals surface area contributed by atoms with E-state index < -0.39 is 0 Å². The Balaban J connectivity index is 2.99. The Morgan fingerprint density at radius 2 is 1.05 bits per heavy atom. The van der Waals surface area contributed by atoms with E-state index in [0.29, 0.717) is 0 Å². The molecule has 0 aromatic carbocycles. The lowest BCUT2D eigenvalue weighted by Crippen LogP contribution is -2.36. The Bertz CT molecular complexity index is 184. The fraction of sp³-hybridized carbons (Fsp3) is 1.00. The van der Waals surface area contributed by atoms with Crippen molar-refractivity contribution >= 4 is 0 Å². The Labute approximate surface area is 128 Å². The van der Waals surface area contributed by atoms with Crippen molar-refractivity contribution in [2.24, 2.45) is 0 Å². The van der Waals surface area contributed by atoms with Crippen LogP contribution in [-0.2, 0) is 0 Å². The highest BCUT2D eigenvalue weighted by atomic mass is 15.3. The van der Waals surface area contributed by atoms with Crippen LogP contribution in [-0.4, -0.2) is 45.3 Å². The number of hydrogen-bond acceptors (Lipinski definition) is 1. The first-order chi connectivity index (χ1) is 9.56. The van der Waals surface area contributed by atoms with Gasteiger partial charge in [-0.1, -0.05) is 64.7 Å². The fourth-order valence-electron chi connectivity index (χ4n) is 2.54. The van der Waals surface area contributed by atoms with Gasteiger partial charge in [0, 0.05) is 13.0 Å². The average molecular weight is 286 g/mol. The third-order valence-corrected chi connectivity index (χ3v) is 3.89. The van der Waals surface area contributed by atoms with E-state index in [0.717, 1.165) is 4.48 Å². The minimum atomic E-state index is 1.08. The number of quaternary nitrogens is 1. The van der Waals surface area contributed by atoms with Crippen molar-refractivity contribution < 1.29 is 4.48 Å². The molecule has 0 bridgehead atoms. The van der Waals surface area contributed by atoms with Crippen molar-refractivity contribution in [2.45, 2.75) is 77.6 Å². The van der Waals surface area contributed by atoms with Crippen LogP contribution >= 0.6 is 0 Å². The van der Waals surface area contributed by atoms with Crippen molar-refractivity contribution in [1.29, 1.82) is 0 Å². The molecule has 0 radical (unpaired) electrons. The van der Waals surface area contributed by atoms with Crippen LogP contribution in [0.5, 0.6) is 0 Å². The van der Waals surface area contributed by atoms with E-state index in [1.165, 1.54) is 90.3 Å². The maximum absolute atomic E-state index is 3.57. The smallest absolute Gasteiger partial charge is 0.0792 e. The monoisotopic (exact) mass is 285 g/mol. The molecule has 2 nitrogen and oxygen atoms in total. The molecule has 0 fully saturated rings. The van der Waals surface area contributed by atoms with E-state index in [2.05, 4.69) is 33.4 Å². The minimum absolute atomic E-state index is 1.08. The molecule has 0 aromatic heterocycles. The molecule has 122 valence electrons. The third kappa shape index (κ3) is 17.9. The lowest BCUT2D eigenvalue weighted by atomic mass is 10.1. The van der Waals surface area contributed by atoms with Gasteiger partial charge in [0.1, 0.15) is 0 Å². The molecular weight excluding hydrogens is 244 g/mol. The Morgan fingerprint density at radius 1 is 0.600 bits per heavy atom. The lowest BCUT2D eigenvalue weighted by Gasteiger charge is -2.23. The average Bonchev–Trinajstić information content (AvgIpc) is 2.38. The van der Waals surface area contributed by atoms with Crippen LogP contribution in [0, 0.1) is 0 Å². The molecule has 0 rings (SSSR count). The molecule has 0 aliphatic carbocycles. The predicted octanol–water partition coefficient (Wildman–Crippen LogP) is 4.59. The molecule has 0 spiro atoms. The van der Waals surface area contributed by atoms with E-state index in [1.807, 2.05) is 0 Å². The van der Waals surface area contributed by atoms with E-state index in [-0.39, 0.29) is 0 Å². The molecule has 0 aliphatic heterocycles. The third-order valence-electron chi connectivity index (χ3n) is 3.89. The Morgan fingerprint density at radius 3 is 1.55 bits per heavy atom. The standard InChI is InChI=1S/C18H41N2/c1-5-6-7-8-9-10-11-12-13-14-16-19-17-15-18-20(2,3)4/h19H,5-18H2,1-4H3/q+1. The van der Waals surface area contributed by atoms with Crippen molar-refractivity contribution in [2.75, 3.05) is 40.8 Å². The molecule has 0 amide bonds. The highest BCUT2D eigenvalue weighted by molar-refractivity contribution is 4.51. The van der Waals surface area contributed by atoms with Gasteiger partial charge >= 0.3 is 0 Å². The number of unbranched alkanes of at least 4 members (excludes halogenated alkanes) is 9. The normalized spacial score (nSPS) is 12.0. The number of nitrogens with zero attached hydrogens (tertiary/aromatic N) is 1. The molecule has 0 aromatic rings. The summed E-state index contributed by atoms with van der Waals surface area (Å²) in [5.74, 6) is 0. The van der Waals surface area contributed by atoms with E-state index in [1.54, 1.807) is 0 Å². The molecule has 0 heterocycles. The number of nitrogens with one attached hydrogen (secondary N) is 1. The van der Waals surface area contributed by atoms with Gasteiger partial charge in [0.25, 0.3) is 0 Å². The maximum Gasteiger partial charge on any atom is 0.0792 e. The van der Waals surface area contributed by atoms with Crippen LogP contribution in [0.2, 0.25) is 0 Å². The summed E-state index contributed by atoms with van der Waals surface area (Å²) in [5, 5.41) is 3.57. The molecular formula is C18H41N2+. The largest absolute Gasteiger partial charge is 0.331 e. The van der Waals surface area contributed by atoms with Gasteiger partial charge in [-0.25, -0.2) is 0 Å². The molecule has 2 heteroatoms. The molecule has 0 saturated heterocycles. The van der Waals surface area contributed by atoms with Gasteiger partial charge in [0.05, 0.1) is 27.7 Å². The van der Waals surface area contributed by atoms with Gasteiger partial charge in [0.15, 0.2) is 0 Å². The highest BCUT2D eigenvalue weighted by Crippen LogP contribution is 2.10. The van der Waals surface area contributed by atoms with Crippen molar-refractivity contribution in [1.82, 2.24) is 5.32 Å². The first-order valence-electron chi connectivity index (χ1n) is 9.07. The maximum atomic E-state index is 3.57. The molecule has 0 unspecified atom stereocenters. The van der Waals surface area contributed by atoms with Gasteiger partial charge in [-0.3, -0.25) is 0 Å². The van der Waals surface area contributed by atoms with E-state index in [4.69, 9.17) is 0 Å². The topological polar surface area (TPSA) is 12.0 Å². The van der Waals surface area contributed by atoms with Gasteiger partial charge in [-0.05, 0) is 13.0 Å². The zero-order valence-electron chi connectivity index (χ0n) is 14.8. The van der Waals surface area contributed by atoms with E-state index in [9.17, 15) is 0 Å². The van der Waals surface area contributed by atoms with Crippen molar-refractivity contribution in [3.05, 3.63) is 0 Å². The van der Waals surface area contributed by atoms with Gasteiger partial charge in [0.2, 0.25) is 0 Å². The zero-order valence-corrected chi connectivity index (χ0v) is 14.8. The van der Waals surface area contributed by atoms with E-state index >= 15 is 0 Å². The highest BCUT2D eigenvalue weighted by Gasteiger charge is 2.04. The fourth-order valence-corrected chi connectivity index (χ4v) is 2.54. The second kappa shape index (κ2) is 13.9. The lowest BCUT2D eigenvalue weighted by molar-refractivity contribution is -0.870. The molecule has 0 aliphatic rings. The summed E-state index contributed by atoms with van der Waals surface area (Å²) in [6.45, 7) is 5.96. The summed E-state index contributed by atoms with van der Waals surface area (Å²) in [4.78, 5) is 0. The minimum Gasteiger partial charge on any atom is -0.331 e. The van der Waals surface area contributed by atoms with Crippen LogP contribution in [0.25, 0.3) is 0 Å². The molecule has 1 N–H and O–H groups in total. The molecule has 20 heavy (non-hydrogen) atoms. The number of rotatable bonds is 15.